The molecule has 1 aliphatic rings. The molecule has 0 spiro atoms. The fraction of sp³-hybridized carbons (Fsp3) is 0.318. The lowest BCUT2D eigenvalue weighted by atomic mass is 10.1. The van der Waals surface area contributed by atoms with Crippen LogP contribution in [0.3, 0.4) is 0 Å². The van der Waals surface area contributed by atoms with E-state index in [0.717, 1.165) is 39.6 Å². The Bertz CT molecular complexity index is 953. The summed E-state index contributed by atoms with van der Waals surface area (Å²) in [5.41, 5.74) is 4.17. The van der Waals surface area contributed by atoms with Crippen molar-refractivity contribution in [3.05, 3.63) is 59.8 Å². The molecule has 7 nitrogen and oxygen atoms in total. The Balaban J connectivity index is 1.53. The molecule has 29 heavy (non-hydrogen) atoms. The Kier molecular flexibility index (Phi) is 5.69. The number of aromatic amines is 1. The van der Waals surface area contributed by atoms with Crippen molar-refractivity contribution in [3.8, 4) is 28.5 Å². The third-order valence-electron chi connectivity index (χ3n) is 4.86. The molecular formula is C22H25N3O4. The van der Waals surface area contributed by atoms with Crippen LogP contribution in [-0.4, -0.2) is 46.8 Å². The van der Waals surface area contributed by atoms with Gasteiger partial charge in [-0.1, -0.05) is 6.07 Å². The Hall–Kier alpha value is -3.03. The van der Waals surface area contributed by atoms with Crippen LogP contribution in [0.5, 0.6) is 17.2 Å². The molecule has 0 aliphatic carbocycles. The summed E-state index contributed by atoms with van der Waals surface area (Å²) >= 11 is 0. The van der Waals surface area contributed by atoms with Gasteiger partial charge in [0.15, 0.2) is 11.5 Å². The van der Waals surface area contributed by atoms with Gasteiger partial charge < -0.3 is 19.3 Å². The molecule has 0 fully saturated rings. The standard InChI is InChI=1S/C22H25N3O4/c1-15(26)11-25(12-16-3-8-20-21(9-16)29-14-28-20)13-18-10-23-24-22(18)17-4-6-19(27-2)7-5-17/h3-10,15,26H,11-14H2,1-2H3,(H,23,24)/t15-/m1/s1. The third kappa shape index (κ3) is 4.52. The fourth-order valence-corrected chi connectivity index (χ4v) is 3.54. The highest BCUT2D eigenvalue weighted by atomic mass is 16.7. The van der Waals surface area contributed by atoms with Crippen molar-refractivity contribution in [2.24, 2.45) is 0 Å². The van der Waals surface area contributed by atoms with E-state index in [1.165, 1.54) is 0 Å². The van der Waals surface area contributed by atoms with Gasteiger partial charge in [0, 0.05) is 30.8 Å². The van der Waals surface area contributed by atoms with Crippen LogP contribution in [0, 0.1) is 0 Å². The van der Waals surface area contributed by atoms with E-state index in [9.17, 15) is 5.11 Å². The molecule has 1 aromatic heterocycles. The molecule has 4 rings (SSSR count). The van der Waals surface area contributed by atoms with Crippen LogP contribution in [0.1, 0.15) is 18.1 Å². The van der Waals surface area contributed by atoms with E-state index in [4.69, 9.17) is 14.2 Å². The Morgan fingerprint density at radius 2 is 1.93 bits per heavy atom. The van der Waals surface area contributed by atoms with Crippen molar-refractivity contribution in [2.45, 2.75) is 26.1 Å². The second-order valence-corrected chi connectivity index (χ2v) is 7.20. The van der Waals surface area contributed by atoms with Gasteiger partial charge in [-0.3, -0.25) is 10.00 Å². The first-order valence-corrected chi connectivity index (χ1v) is 9.58. The van der Waals surface area contributed by atoms with E-state index in [1.807, 2.05) is 48.7 Å². The topological polar surface area (TPSA) is 79.8 Å². The minimum atomic E-state index is -0.444. The molecule has 1 aliphatic heterocycles. The lowest BCUT2D eigenvalue weighted by Gasteiger charge is -2.24. The number of hydrogen-bond acceptors (Lipinski definition) is 6. The fourth-order valence-electron chi connectivity index (χ4n) is 3.54. The number of methoxy groups -OCH3 is 1. The van der Waals surface area contributed by atoms with E-state index >= 15 is 0 Å². The Morgan fingerprint density at radius 3 is 2.69 bits per heavy atom. The van der Waals surface area contributed by atoms with Crippen molar-refractivity contribution in [2.75, 3.05) is 20.4 Å². The zero-order valence-corrected chi connectivity index (χ0v) is 16.6. The first kappa shape index (κ1) is 19.3. The molecule has 0 saturated heterocycles. The summed E-state index contributed by atoms with van der Waals surface area (Å²) in [5.74, 6) is 2.35. The maximum Gasteiger partial charge on any atom is 0.231 e. The van der Waals surface area contributed by atoms with Crippen molar-refractivity contribution in [1.82, 2.24) is 15.1 Å². The lowest BCUT2D eigenvalue weighted by molar-refractivity contribution is 0.118. The summed E-state index contributed by atoms with van der Waals surface area (Å²) in [6, 6.07) is 13.8. The number of nitrogens with one attached hydrogen (secondary N) is 1. The summed E-state index contributed by atoms with van der Waals surface area (Å²) in [5, 5.41) is 17.3. The average molecular weight is 395 g/mol. The van der Waals surface area contributed by atoms with E-state index in [1.54, 1.807) is 14.0 Å². The van der Waals surface area contributed by atoms with Gasteiger partial charge in [-0.25, -0.2) is 0 Å². The predicted octanol–water partition coefficient (Wildman–Crippen LogP) is 3.20. The normalized spacial score (nSPS) is 13.7. The number of hydrogen-bond donors (Lipinski definition) is 2. The number of ether oxygens (including phenoxy) is 3. The van der Waals surface area contributed by atoms with Crippen LogP contribution < -0.4 is 14.2 Å². The molecule has 0 bridgehead atoms. The molecule has 2 heterocycles. The van der Waals surface area contributed by atoms with Gasteiger partial charge in [-0.15, -0.1) is 0 Å². The zero-order valence-electron chi connectivity index (χ0n) is 16.6. The molecule has 7 heteroatoms. The van der Waals surface area contributed by atoms with E-state index in [0.29, 0.717) is 19.6 Å². The van der Waals surface area contributed by atoms with Crippen LogP contribution in [0.25, 0.3) is 11.3 Å². The van der Waals surface area contributed by atoms with Crippen molar-refractivity contribution in [1.29, 1.82) is 0 Å². The molecule has 0 amide bonds. The molecule has 2 N–H and O–H groups in total. The zero-order chi connectivity index (χ0) is 20.2. The van der Waals surface area contributed by atoms with Gasteiger partial charge in [0.05, 0.1) is 25.1 Å². The molecule has 0 saturated carbocycles. The second-order valence-electron chi connectivity index (χ2n) is 7.20. The lowest BCUT2D eigenvalue weighted by Crippen LogP contribution is -2.30. The third-order valence-corrected chi connectivity index (χ3v) is 4.86. The summed E-state index contributed by atoms with van der Waals surface area (Å²) in [7, 11) is 1.65. The highest BCUT2D eigenvalue weighted by Crippen LogP contribution is 2.33. The maximum atomic E-state index is 10.0. The second kappa shape index (κ2) is 8.55. The molecule has 0 unspecified atom stereocenters. The molecule has 2 aromatic carbocycles. The molecular weight excluding hydrogens is 370 g/mol. The highest BCUT2D eigenvalue weighted by Gasteiger charge is 2.18. The smallest absolute Gasteiger partial charge is 0.231 e. The number of H-pyrrole nitrogens is 1. The largest absolute Gasteiger partial charge is 0.497 e. The number of aliphatic hydroxyl groups excluding tert-OH is 1. The highest BCUT2D eigenvalue weighted by molar-refractivity contribution is 5.63. The number of fused-ring (bicyclic) bond motifs is 1. The van der Waals surface area contributed by atoms with Crippen LogP contribution in [0.15, 0.2) is 48.7 Å². The van der Waals surface area contributed by atoms with Gasteiger partial charge in [-0.05, 0) is 48.9 Å². The van der Waals surface area contributed by atoms with Gasteiger partial charge in [0.1, 0.15) is 5.75 Å². The van der Waals surface area contributed by atoms with Gasteiger partial charge in [0.2, 0.25) is 6.79 Å². The molecule has 0 radical (unpaired) electrons. The summed E-state index contributed by atoms with van der Waals surface area (Å²) < 4.78 is 16.1. The number of aliphatic hydroxyl groups is 1. The summed E-state index contributed by atoms with van der Waals surface area (Å²) in [6.45, 7) is 3.93. The van der Waals surface area contributed by atoms with Crippen molar-refractivity contribution >= 4 is 0 Å². The van der Waals surface area contributed by atoms with Gasteiger partial charge in [0.25, 0.3) is 0 Å². The number of benzene rings is 2. The van der Waals surface area contributed by atoms with E-state index < -0.39 is 6.10 Å². The quantitative estimate of drug-likeness (QED) is 0.610. The SMILES string of the molecule is COc1ccc(-c2[nH]ncc2CN(Cc2ccc3c(c2)OCO3)C[C@@H](C)O)cc1. The Labute approximate surface area is 169 Å². The van der Waals surface area contributed by atoms with Crippen LogP contribution >= 0.6 is 0 Å². The first-order valence-electron chi connectivity index (χ1n) is 9.58. The van der Waals surface area contributed by atoms with Gasteiger partial charge in [-0.2, -0.15) is 5.10 Å². The molecule has 152 valence electrons. The van der Waals surface area contributed by atoms with Gasteiger partial charge >= 0.3 is 0 Å². The summed E-state index contributed by atoms with van der Waals surface area (Å²) in [6.07, 6.45) is 1.40. The molecule has 3 aromatic rings. The number of rotatable bonds is 8. The summed E-state index contributed by atoms with van der Waals surface area (Å²) in [4.78, 5) is 2.19. The van der Waals surface area contributed by atoms with Crippen LogP contribution in [0.4, 0.5) is 0 Å². The Morgan fingerprint density at radius 1 is 1.14 bits per heavy atom. The molecule has 1 atom stereocenters. The number of nitrogens with zero attached hydrogens (tertiary/aromatic N) is 2. The average Bonchev–Trinajstić information content (AvgIpc) is 3.36. The minimum Gasteiger partial charge on any atom is -0.497 e. The van der Waals surface area contributed by atoms with E-state index in [2.05, 4.69) is 15.1 Å². The van der Waals surface area contributed by atoms with E-state index in [-0.39, 0.29) is 6.79 Å². The van der Waals surface area contributed by atoms with Crippen molar-refractivity contribution in [3.63, 3.8) is 0 Å². The van der Waals surface area contributed by atoms with Crippen LogP contribution in [0.2, 0.25) is 0 Å². The number of aromatic nitrogens is 2. The first-order chi connectivity index (χ1) is 14.1. The maximum absolute atomic E-state index is 10.0. The van der Waals surface area contributed by atoms with Crippen LogP contribution in [-0.2, 0) is 13.1 Å². The predicted molar refractivity (Wildman–Crippen MR) is 109 cm³/mol. The minimum absolute atomic E-state index is 0.260. The monoisotopic (exact) mass is 395 g/mol. The van der Waals surface area contributed by atoms with Crippen molar-refractivity contribution < 1.29 is 19.3 Å².